The van der Waals surface area contributed by atoms with E-state index >= 15 is 0 Å². The van der Waals surface area contributed by atoms with E-state index in [1.807, 2.05) is 0 Å². The monoisotopic (exact) mass is 223 g/mol. The molecule has 0 spiro atoms. The lowest BCUT2D eigenvalue weighted by molar-refractivity contribution is -0.178. The molecule has 0 aromatic heterocycles. The fraction of sp³-hybridized carbons (Fsp3) is 0.333. The number of ether oxygens (including phenoxy) is 2. The smallest absolute Gasteiger partial charge is 0.302 e. The van der Waals surface area contributed by atoms with Gasteiger partial charge in [0.15, 0.2) is 11.5 Å². The minimum absolute atomic E-state index is 0.188. The standard InChI is InChI=1S/C9H10BNO5/c10-9(14)15-6-2-1-5(3-7(6)16-9)4-8(11,12)13/h1-3,12-14H,4,11H2. The van der Waals surface area contributed by atoms with Gasteiger partial charge in [-0.3, -0.25) is 5.73 Å². The van der Waals surface area contributed by atoms with E-state index < -0.39 is 11.8 Å². The zero-order valence-corrected chi connectivity index (χ0v) is 8.25. The average molecular weight is 223 g/mol. The summed E-state index contributed by atoms with van der Waals surface area (Å²) >= 11 is 0. The molecule has 0 bridgehead atoms. The van der Waals surface area contributed by atoms with Crippen molar-refractivity contribution in [2.24, 2.45) is 5.73 Å². The first-order chi connectivity index (χ1) is 7.25. The highest BCUT2D eigenvalue weighted by atomic mass is 16.8. The van der Waals surface area contributed by atoms with E-state index in [0.29, 0.717) is 5.56 Å². The molecular weight excluding hydrogens is 213 g/mol. The van der Waals surface area contributed by atoms with E-state index in [0.717, 1.165) is 0 Å². The summed E-state index contributed by atoms with van der Waals surface area (Å²) in [5, 5.41) is 27.3. The van der Waals surface area contributed by atoms with Crippen LogP contribution in [0.2, 0.25) is 0 Å². The largest absolute Gasteiger partial charge is 0.435 e. The van der Waals surface area contributed by atoms with E-state index in [9.17, 15) is 5.11 Å². The van der Waals surface area contributed by atoms with Gasteiger partial charge < -0.3 is 24.8 Å². The quantitative estimate of drug-likeness (QED) is 0.354. The van der Waals surface area contributed by atoms with Crippen LogP contribution in [0.5, 0.6) is 11.5 Å². The molecule has 7 heteroatoms. The first-order valence-corrected chi connectivity index (χ1v) is 4.51. The fourth-order valence-electron chi connectivity index (χ4n) is 1.46. The lowest BCUT2D eigenvalue weighted by Gasteiger charge is -2.15. The second-order valence-corrected chi connectivity index (χ2v) is 3.67. The normalized spacial score (nSPS) is 23.5. The number of hydrogen-bond acceptors (Lipinski definition) is 6. The third-order valence-electron chi connectivity index (χ3n) is 1.98. The van der Waals surface area contributed by atoms with E-state index in [4.69, 9.17) is 33.3 Å². The molecule has 1 aliphatic rings. The molecule has 5 N–H and O–H groups in total. The summed E-state index contributed by atoms with van der Waals surface area (Å²) in [5.41, 5.74) is 5.54. The third-order valence-corrected chi connectivity index (χ3v) is 1.98. The minimum atomic E-state index is -2.30. The van der Waals surface area contributed by atoms with Crippen LogP contribution in [-0.2, 0) is 6.42 Å². The van der Waals surface area contributed by atoms with Gasteiger partial charge in [-0.25, -0.2) is 0 Å². The molecule has 0 aliphatic carbocycles. The number of rotatable bonds is 2. The summed E-state index contributed by atoms with van der Waals surface area (Å²) in [7, 11) is 5.19. The Morgan fingerprint density at radius 1 is 1.31 bits per heavy atom. The maximum atomic E-state index is 9.25. The maximum Gasteiger partial charge on any atom is 0.302 e. The van der Waals surface area contributed by atoms with Gasteiger partial charge in [-0.15, -0.1) is 0 Å². The van der Waals surface area contributed by atoms with Crippen LogP contribution in [0.25, 0.3) is 0 Å². The van der Waals surface area contributed by atoms with Crippen molar-refractivity contribution in [3.63, 3.8) is 0 Å². The maximum absolute atomic E-state index is 9.25. The summed E-state index contributed by atoms with van der Waals surface area (Å²) in [6, 6.07) is 4.49. The molecule has 1 aromatic rings. The first-order valence-electron chi connectivity index (χ1n) is 4.51. The molecule has 6 nitrogen and oxygen atoms in total. The van der Waals surface area contributed by atoms with Crippen molar-refractivity contribution in [2.45, 2.75) is 18.2 Å². The molecule has 0 saturated carbocycles. The van der Waals surface area contributed by atoms with E-state index in [-0.39, 0.29) is 17.9 Å². The Bertz CT molecular complexity index is 415. The highest BCUT2D eigenvalue weighted by molar-refractivity contribution is 6.12. The Morgan fingerprint density at radius 2 is 1.94 bits per heavy atom. The SMILES string of the molecule is [B]C1(O)Oc2ccc(CC(N)(O)O)cc2O1. The van der Waals surface area contributed by atoms with E-state index in [2.05, 4.69) is 0 Å². The van der Waals surface area contributed by atoms with Gasteiger partial charge in [-0.2, -0.15) is 0 Å². The van der Waals surface area contributed by atoms with Crippen molar-refractivity contribution in [1.82, 2.24) is 0 Å². The molecule has 2 radical (unpaired) electrons. The Morgan fingerprint density at radius 3 is 2.56 bits per heavy atom. The Kier molecular flexibility index (Phi) is 2.35. The molecule has 1 heterocycles. The Balaban J connectivity index is 2.23. The van der Waals surface area contributed by atoms with Gasteiger partial charge in [0.05, 0.1) is 0 Å². The molecule has 0 fully saturated rings. The first kappa shape index (κ1) is 11.2. The number of aliphatic hydroxyl groups is 3. The minimum Gasteiger partial charge on any atom is -0.435 e. The van der Waals surface area contributed by atoms with Crippen LogP contribution >= 0.6 is 0 Å². The summed E-state index contributed by atoms with van der Waals surface area (Å²) in [4.78, 5) is 0. The summed E-state index contributed by atoms with van der Waals surface area (Å²) in [5.74, 6) is -4.00. The molecule has 1 aromatic carbocycles. The van der Waals surface area contributed by atoms with Gasteiger partial charge in [0.25, 0.3) is 0 Å². The van der Waals surface area contributed by atoms with Crippen molar-refractivity contribution in [1.29, 1.82) is 0 Å². The van der Waals surface area contributed by atoms with Crippen molar-refractivity contribution >= 4 is 7.85 Å². The van der Waals surface area contributed by atoms with Gasteiger partial charge in [-0.1, -0.05) is 6.07 Å². The van der Waals surface area contributed by atoms with Gasteiger partial charge in [-0.05, 0) is 17.7 Å². The second-order valence-electron chi connectivity index (χ2n) is 3.67. The van der Waals surface area contributed by atoms with Crippen molar-refractivity contribution in [2.75, 3.05) is 0 Å². The molecule has 84 valence electrons. The molecular formula is C9H10BNO5. The number of hydrogen-bond donors (Lipinski definition) is 4. The van der Waals surface area contributed by atoms with Crippen LogP contribution < -0.4 is 15.2 Å². The zero-order chi connectivity index (χ0) is 12.0. The molecule has 2 rings (SSSR count). The summed E-state index contributed by atoms with van der Waals surface area (Å²) < 4.78 is 9.69. The predicted molar refractivity (Wildman–Crippen MR) is 53.5 cm³/mol. The molecule has 1 atom stereocenters. The van der Waals surface area contributed by atoms with Crippen molar-refractivity contribution in [3.05, 3.63) is 23.8 Å². The third kappa shape index (κ3) is 2.45. The topological polar surface area (TPSA) is 105 Å². The van der Waals surface area contributed by atoms with Gasteiger partial charge in [0, 0.05) is 6.42 Å². The van der Waals surface area contributed by atoms with Crippen LogP contribution in [0.15, 0.2) is 18.2 Å². The summed E-state index contributed by atoms with van der Waals surface area (Å²) in [6.07, 6.45) is -0.188. The van der Waals surface area contributed by atoms with Crippen LogP contribution in [-0.4, -0.2) is 34.9 Å². The summed E-state index contributed by atoms with van der Waals surface area (Å²) in [6.45, 7) is 0. The molecule has 1 unspecified atom stereocenters. The molecule has 0 saturated heterocycles. The molecule has 16 heavy (non-hydrogen) atoms. The second kappa shape index (κ2) is 3.36. The Labute approximate surface area is 92.6 Å². The van der Waals surface area contributed by atoms with Crippen LogP contribution in [0.1, 0.15) is 5.56 Å². The fourth-order valence-corrected chi connectivity index (χ4v) is 1.46. The predicted octanol–water partition coefficient (Wildman–Crippen LogP) is -1.63. The highest BCUT2D eigenvalue weighted by Crippen LogP contribution is 2.37. The lowest BCUT2D eigenvalue weighted by atomic mass is 10.1. The average Bonchev–Trinajstić information content (AvgIpc) is 2.34. The van der Waals surface area contributed by atoms with Crippen LogP contribution in [0.4, 0.5) is 0 Å². The Hall–Kier alpha value is -1.28. The number of fused-ring (bicyclic) bond motifs is 1. The highest BCUT2D eigenvalue weighted by Gasteiger charge is 2.33. The van der Waals surface area contributed by atoms with Crippen molar-refractivity contribution in [3.8, 4) is 11.5 Å². The molecule has 1 aliphatic heterocycles. The lowest BCUT2D eigenvalue weighted by Crippen LogP contribution is -2.41. The molecule has 0 amide bonds. The number of nitrogens with two attached hydrogens (primary N) is 1. The van der Waals surface area contributed by atoms with E-state index in [1.165, 1.54) is 12.1 Å². The van der Waals surface area contributed by atoms with Crippen molar-refractivity contribution < 1.29 is 24.8 Å². The van der Waals surface area contributed by atoms with Gasteiger partial charge >= 0.3 is 5.87 Å². The zero-order valence-electron chi connectivity index (χ0n) is 8.25. The number of benzene rings is 1. The van der Waals surface area contributed by atoms with E-state index in [1.54, 1.807) is 6.07 Å². The van der Waals surface area contributed by atoms with Gasteiger partial charge in [0.2, 0.25) is 13.8 Å². The van der Waals surface area contributed by atoms with Crippen LogP contribution in [0, 0.1) is 0 Å². The van der Waals surface area contributed by atoms with Crippen LogP contribution in [0.3, 0.4) is 0 Å². The van der Waals surface area contributed by atoms with Gasteiger partial charge in [0.1, 0.15) is 0 Å².